The van der Waals surface area contributed by atoms with Gasteiger partial charge in [0.05, 0.1) is 12.9 Å². The van der Waals surface area contributed by atoms with Crippen LogP contribution >= 0.6 is 15.6 Å². The van der Waals surface area contributed by atoms with Crippen LogP contribution in [0.3, 0.4) is 0 Å². The minimum absolute atomic E-state index is 0.0495. The number of alkyl halides is 1. The summed E-state index contributed by atoms with van der Waals surface area (Å²) < 4.78 is 53.4. The number of nitrogen functional groups attached to an aromatic ring is 1. The fraction of sp³-hybridized carbons (Fsp3) is 0.615. The Morgan fingerprint density at radius 1 is 1.48 bits per heavy atom. The number of halogens is 1. The van der Waals surface area contributed by atoms with Crippen LogP contribution in [0.25, 0.3) is 11.2 Å². The molecule has 0 spiro atoms. The largest absolute Gasteiger partial charge is 0.518 e. The first-order valence-electron chi connectivity index (χ1n) is 8.18. The van der Waals surface area contributed by atoms with Gasteiger partial charge < -0.3 is 29.7 Å². The first kappa shape index (κ1) is 22.1. The third kappa shape index (κ3) is 4.76. The minimum atomic E-state index is -4.40. The maximum absolute atomic E-state index is 14.7. The number of hydrogen-bond acceptors (Lipinski definition) is 10. The van der Waals surface area contributed by atoms with Crippen molar-refractivity contribution in [3.05, 3.63) is 12.2 Å². The van der Waals surface area contributed by atoms with E-state index in [4.69, 9.17) is 24.6 Å². The highest BCUT2D eigenvalue weighted by molar-refractivity contribution is 7.64. The maximum Gasteiger partial charge on any atom is 0.518 e. The van der Waals surface area contributed by atoms with Gasteiger partial charge in [-0.25, -0.2) is 19.3 Å². The lowest BCUT2D eigenvalue weighted by Crippen LogP contribution is -2.31. The van der Waals surface area contributed by atoms with E-state index >= 15 is 0 Å². The molecule has 1 fully saturated rings. The van der Waals surface area contributed by atoms with E-state index in [0.29, 0.717) is 0 Å². The van der Waals surface area contributed by atoms with Crippen molar-refractivity contribution in [2.24, 2.45) is 0 Å². The number of nitrogens with zero attached hydrogens (tertiary/aromatic N) is 4. The lowest BCUT2D eigenvalue weighted by Gasteiger charge is -2.16. The smallest absolute Gasteiger partial charge is 0.387 e. The molecule has 2 aromatic rings. The predicted octanol–water partition coefficient (Wildman–Crippen LogP) is 0.0455. The third-order valence-corrected chi connectivity index (χ3v) is 7.03. The standard InChI is InChI=1S/C13H18FN5O8P2/c1-25-3-7-17-11(15)9-12(18-7)19(4-16-9)13-8(14)10(20)6(27-13)2-26-29(23,24)5-28(21)22/h4,6,8,10,13,20H,2-3,5H2,1H3,(H3-,15,17,18,21,22,23,24)/p+1/t6-,8+,10-,13-/m1/s1. The number of methoxy groups -OCH3 is 1. The van der Waals surface area contributed by atoms with E-state index in [1.807, 2.05) is 0 Å². The molecule has 0 saturated carbocycles. The molecule has 1 saturated heterocycles. The Bertz CT molecular complexity index is 961. The number of imidazole rings is 1. The van der Waals surface area contributed by atoms with Crippen molar-refractivity contribution in [1.29, 1.82) is 0 Å². The molecule has 16 heteroatoms. The highest BCUT2D eigenvalue weighted by Crippen LogP contribution is 2.49. The van der Waals surface area contributed by atoms with Crippen LogP contribution in [0.1, 0.15) is 12.1 Å². The van der Waals surface area contributed by atoms with E-state index in [1.165, 1.54) is 18.0 Å². The molecule has 2 unspecified atom stereocenters. The normalized spacial score (nSPS) is 27.3. The van der Waals surface area contributed by atoms with Crippen LogP contribution in [0.2, 0.25) is 0 Å². The van der Waals surface area contributed by atoms with E-state index in [0.717, 1.165) is 0 Å². The highest BCUT2D eigenvalue weighted by Gasteiger charge is 2.47. The Morgan fingerprint density at radius 2 is 2.21 bits per heavy atom. The molecule has 0 aliphatic carbocycles. The molecule has 1 aliphatic rings. The Labute approximate surface area is 164 Å². The molecule has 160 valence electrons. The zero-order valence-corrected chi connectivity index (χ0v) is 16.8. The van der Waals surface area contributed by atoms with E-state index in [2.05, 4.69) is 15.0 Å². The number of aromatic nitrogens is 4. The summed E-state index contributed by atoms with van der Waals surface area (Å²) in [5.74, 6) is -0.709. The maximum atomic E-state index is 14.7. The zero-order chi connectivity index (χ0) is 21.3. The summed E-state index contributed by atoms with van der Waals surface area (Å²) in [6.07, 6.45) is -5.12. The monoisotopic (exact) mass is 454 g/mol. The molecule has 0 amide bonds. The van der Waals surface area contributed by atoms with Gasteiger partial charge in [-0.15, -0.1) is 0 Å². The average molecular weight is 454 g/mol. The van der Waals surface area contributed by atoms with E-state index in [-0.39, 0.29) is 29.4 Å². The molecular weight excluding hydrogens is 435 g/mol. The summed E-state index contributed by atoms with van der Waals surface area (Å²) in [6.45, 7) is -0.623. The third-order valence-electron chi connectivity index (χ3n) is 4.08. The molecule has 1 aliphatic heterocycles. The molecule has 13 nitrogen and oxygen atoms in total. The number of hydrogen-bond donors (Lipinski definition) is 4. The summed E-state index contributed by atoms with van der Waals surface area (Å²) in [7, 11) is -5.88. The minimum Gasteiger partial charge on any atom is -0.387 e. The zero-order valence-electron chi connectivity index (χ0n) is 15.0. The predicted molar refractivity (Wildman–Crippen MR) is 95.7 cm³/mol. The summed E-state index contributed by atoms with van der Waals surface area (Å²) in [5.41, 5.74) is 6.18. The first-order chi connectivity index (χ1) is 13.6. The SMILES string of the molecule is COCc1nc(N)c2ncn([C@@H]3O[C@H](COP(=O)(O)C[P+](=O)O)[C@@H](O)[C@@H]3F)c2n1. The van der Waals surface area contributed by atoms with Crippen LogP contribution in [0.4, 0.5) is 10.2 Å². The molecular formula is C13H19FN5O8P2+. The second kappa shape index (κ2) is 8.62. The van der Waals surface area contributed by atoms with Gasteiger partial charge in [0.25, 0.3) is 5.90 Å². The van der Waals surface area contributed by atoms with Crippen molar-refractivity contribution < 1.29 is 42.4 Å². The van der Waals surface area contributed by atoms with Crippen molar-refractivity contribution in [3.63, 3.8) is 0 Å². The molecule has 0 aromatic carbocycles. The number of nitrogens with two attached hydrogens (primary N) is 1. The number of rotatable bonds is 8. The molecule has 3 heterocycles. The number of aliphatic hydroxyl groups is 1. The van der Waals surface area contributed by atoms with Crippen LogP contribution in [-0.2, 0) is 29.7 Å². The van der Waals surface area contributed by atoms with Crippen molar-refractivity contribution in [2.75, 3.05) is 25.4 Å². The molecule has 5 N–H and O–H groups in total. The Morgan fingerprint density at radius 3 is 2.86 bits per heavy atom. The summed E-state index contributed by atoms with van der Waals surface area (Å²) in [6, 6.07) is 0. The van der Waals surface area contributed by atoms with Crippen LogP contribution < -0.4 is 5.73 Å². The van der Waals surface area contributed by atoms with E-state index in [1.54, 1.807) is 0 Å². The molecule has 6 atom stereocenters. The molecule has 29 heavy (non-hydrogen) atoms. The summed E-state index contributed by atoms with van der Waals surface area (Å²) in [4.78, 5) is 30.5. The topological polar surface area (TPSA) is 192 Å². The number of fused-ring (bicyclic) bond motifs is 1. The van der Waals surface area contributed by atoms with Gasteiger partial charge in [-0.05, 0) is 4.57 Å². The first-order valence-corrected chi connectivity index (χ1v) is 11.3. The molecule has 0 bridgehead atoms. The van der Waals surface area contributed by atoms with Gasteiger partial charge >= 0.3 is 15.6 Å². The second-order valence-corrected chi connectivity index (χ2v) is 9.58. The average Bonchev–Trinajstić information content (AvgIpc) is 3.15. The van der Waals surface area contributed by atoms with Crippen molar-refractivity contribution in [2.45, 2.75) is 31.2 Å². The van der Waals surface area contributed by atoms with Crippen LogP contribution in [0.15, 0.2) is 6.33 Å². The van der Waals surface area contributed by atoms with E-state index < -0.39 is 52.7 Å². The van der Waals surface area contributed by atoms with Gasteiger partial charge in [-0.2, -0.15) is 4.89 Å². The van der Waals surface area contributed by atoms with Gasteiger partial charge in [0.1, 0.15) is 24.3 Å². The quantitative estimate of drug-likeness (QED) is 0.392. The molecule has 2 aromatic heterocycles. The Balaban J connectivity index is 1.81. The van der Waals surface area contributed by atoms with Gasteiger partial charge in [0.15, 0.2) is 29.7 Å². The van der Waals surface area contributed by atoms with Crippen LogP contribution in [-0.4, -0.2) is 72.4 Å². The molecule has 3 rings (SSSR count). The van der Waals surface area contributed by atoms with Crippen LogP contribution in [0.5, 0.6) is 0 Å². The lowest BCUT2D eigenvalue weighted by molar-refractivity contribution is -0.0425. The Hall–Kier alpha value is -1.63. The van der Waals surface area contributed by atoms with Gasteiger partial charge in [-0.1, -0.05) is 0 Å². The summed E-state index contributed by atoms with van der Waals surface area (Å²) >= 11 is 0. The summed E-state index contributed by atoms with van der Waals surface area (Å²) in [5, 5.41) is 10.1. The van der Waals surface area contributed by atoms with Crippen molar-refractivity contribution in [3.8, 4) is 0 Å². The van der Waals surface area contributed by atoms with Crippen molar-refractivity contribution >= 4 is 32.6 Å². The second-order valence-electron chi connectivity index (χ2n) is 6.21. The van der Waals surface area contributed by atoms with Gasteiger partial charge in [-0.3, -0.25) is 9.13 Å². The number of ether oxygens (including phenoxy) is 2. The number of anilines is 1. The van der Waals surface area contributed by atoms with Crippen LogP contribution in [0, 0.1) is 0 Å². The number of aliphatic hydroxyl groups excluding tert-OH is 1. The van der Waals surface area contributed by atoms with E-state index in [9.17, 15) is 23.5 Å². The lowest BCUT2D eigenvalue weighted by atomic mass is 10.1. The fourth-order valence-corrected chi connectivity index (χ4v) is 4.74. The molecule has 0 radical (unpaired) electrons. The van der Waals surface area contributed by atoms with Crippen molar-refractivity contribution in [1.82, 2.24) is 19.5 Å². The highest BCUT2D eigenvalue weighted by atomic mass is 31.2. The van der Waals surface area contributed by atoms with Gasteiger partial charge in [0.2, 0.25) is 0 Å². The van der Waals surface area contributed by atoms with Gasteiger partial charge in [0, 0.05) is 7.11 Å². The Kier molecular flexibility index (Phi) is 6.56. The fourth-order valence-electron chi connectivity index (χ4n) is 2.81.